The van der Waals surface area contributed by atoms with E-state index >= 15 is 0 Å². The zero-order chi connectivity index (χ0) is 21.1. The largest absolute Gasteiger partial charge is 0.497 e. The predicted molar refractivity (Wildman–Crippen MR) is 110 cm³/mol. The summed E-state index contributed by atoms with van der Waals surface area (Å²) in [4.78, 5) is 33.7. The van der Waals surface area contributed by atoms with Crippen LogP contribution in [0.3, 0.4) is 0 Å². The maximum absolute atomic E-state index is 13.4. The highest BCUT2D eigenvalue weighted by molar-refractivity contribution is 6.00. The van der Waals surface area contributed by atoms with Gasteiger partial charge in [0.2, 0.25) is 5.91 Å². The molecule has 2 unspecified atom stereocenters. The van der Waals surface area contributed by atoms with E-state index < -0.39 is 6.04 Å². The average molecular weight is 410 g/mol. The normalized spacial score (nSPS) is 21.4. The van der Waals surface area contributed by atoms with Gasteiger partial charge >= 0.3 is 6.03 Å². The number of nitrogens with one attached hydrogen (secondary N) is 1. The van der Waals surface area contributed by atoms with Gasteiger partial charge in [-0.2, -0.15) is 0 Å². The van der Waals surface area contributed by atoms with Crippen molar-refractivity contribution in [3.8, 4) is 11.5 Å². The number of carbonyl (C=O) groups excluding carboxylic acids is 2. The molecule has 1 aromatic carbocycles. The second-order valence-corrected chi connectivity index (χ2v) is 7.55. The highest BCUT2D eigenvalue weighted by Gasteiger charge is 2.47. The molecular weight excluding hydrogens is 384 g/mol. The molecule has 2 atom stereocenters. The Kier molecular flexibility index (Phi) is 5.85. The number of fused-ring (bicyclic) bond motifs is 1. The van der Waals surface area contributed by atoms with E-state index in [1.54, 1.807) is 37.6 Å². The zero-order valence-corrected chi connectivity index (χ0v) is 17.2. The lowest BCUT2D eigenvalue weighted by Gasteiger charge is -2.47. The summed E-state index contributed by atoms with van der Waals surface area (Å²) in [6.07, 6.45) is 5.04. The second kappa shape index (κ2) is 8.71. The minimum Gasteiger partial charge on any atom is -0.497 e. The van der Waals surface area contributed by atoms with Gasteiger partial charge in [-0.1, -0.05) is 0 Å². The number of aromatic nitrogens is 1. The van der Waals surface area contributed by atoms with Gasteiger partial charge in [-0.15, -0.1) is 0 Å². The molecule has 0 saturated carbocycles. The number of methoxy groups -OCH3 is 2. The third kappa shape index (κ3) is 3.95. The Labute approximate surface area is 175 Å². The van der Waals surface area contributed by atoms with Crippen LogP contribution in [0.25, 0.3) is 0 Å². The Morgan fingerprint density at radius 2 is 1.73 bits per heavy atom. The molecule has 2 aliphatic rings. The lowest BCUT2D eigenvalue weighted by Crippen LogP contribution is -2.68. The minimum atomic E-state index is -0.397. The summed E-state index contributed by atoms with van der Waals surface area (Å²) in [6, 6.07) is 8.37. The minimum absolute atomic E-state index is 0.166. The van der Waals surface area contributed by atoms with Crippen molar-refractivity contribution in [1.82, 2.24) is 20.1 Å². The van der Waals surface area contributed by atoms with Crippen molar-refractivity contribution in [1.29, 1.82) is 0 Å². The van der Waals surface area contributed by atoms with Gasteiger partial charge in [0.1, 0.15) is 17.5 Å². The van der Waals surface area contributed by atoms with Crippen LogP contribution in [-0.4, -0.2) is 59.6 Å². The lowest BCUT2D eigenvalue weighted by molar-refractivity contribution is -0.137. The number of urea groups is 1. The van der Waals surface area contributed by atoms with Crippen LogP contribution in [0.15, 0.2) is 42.7 Å². The number of carbonyl (C=O) groups is 2. The molecule has 2 fully saturated rings. The van der Waals surface area contributed by atoms with Crippen LogP contribution < -0.4 is 14.8 Å². The number of benzene rings is 1. The molecule has 0 spiro atoms. The first-order valence-corrected chi connectivity index (χ1v) is 10.1. The van der Waals surface area contributed by atoms with Gasteiger partial charge in [0, 0.05) is 25.0 Å². The molecule has 8 heteroatoms. The molecule has 1 N–H and O–H groups in total. The number of nitrogens with zero attached hydrogens (tertiary/aromatic N) is 3. The monoisotopic (exact) mass is 410 g/mol. The van der Waals surface area contributed by atoms with Gasteiger partial charge in [-0.25, -0.2) is 4.79 Å². The summed E-state index contributed by atoms with van der Waals surface area (Å²) in [5.41, 5.74) is 1.76. The fourth-order valence-corrected chi connectivity index (χ4v) is 4.17. The first-order chi connectivity index (χ1) is 14.6. The van der Waals surface area contributed by atoms with Crippen LogP contribution in [0.2, 0.25) is 0 Å². The number of piperidine rings is 1. The third-order valence-corrected chi connectivity index (χ3v) is 5.69. The van der Waals surface area contributed by atoms with E-state index in [0.29, 0.717) is 18.0 Å². The molecule has 3 heterocycles. The van der Waals surface area contributed by atoms with Crippen molar-refractivity contribution < 1.29 is 19.1 Å². The van der Waals surface area contributed by atoms with Crippen molar-refractivity contribution in [2.24, 2.45) is 0 Å². The number of imide groups is 1. The summed E-state index contributed by atoms with van der Waals surface area (Å²) >= 11 is 0. The fraction of sp³-hybridized carbons (Fsp3) is 0.409. The summed E-state index contributed by atoms with van der Waals surface area (Å²) in [6.45, 7) is 1.36. The van der Waals surface area contributed by atoms with E-state index in [-0.39, 0.29) is 24.5 Å². The molecule has 4 rings (SSSR count). The summed E-state index contributed by atoms with van der Waals surface area (Å²) in [7, 11) is 3.20. The molecule has 2 aliphatic heterocycles. The van der Waals surface area contributed by atoms with Crippen molar-refractivity contribution in [2.45, 2.75) is 38.0 Å². The average Bonchev–Trinajstić information content (AvgIpc) is 2.80. The first kappa shape index (κ1) is 20.2. The van der Waals surface area contributed by atoms with Crippen LogP contribution in [-0.2, 0) is 17.9 Å². The third-order valence-electron chi connectivity index (χ3n) is 5.69. The maximum atomic E-state index is 13.4. The van der Waals surface area contributed by atoms with Crippen molar-refractivity contribution in [3.63, 3.8) is 0 Å². The van der Waals surface area contributed by atoms with E-state index in [1.807, 2.05) is 24.3 Å². The number of rotatable bonds is 6. The molecule has 2 saturated heterocycles. The molecule has 2 aromatic rings. The molecular formula is C22H26N4O4. The molecule has 0 bridgehead atoms. The number of hydrogen-bond donors (Lipinski definition) is 1. The van der Waals surface area contributed by atoms with Gasteiger partial charge < -0.3 is 19.7 Å². The van der Waals surface area contributed by atoms with Crippen LogP contribution in [0.5, 0.6) is 11.5 Å². The molecule has 0 aliphatic carbocycles. The number of ether oxygens (including phenoxy) is 2. The predicted octanol–water partition coefficient (Wildman–Crippen LogP) is 2.18. The van der Waals surface area contributed by atoms with E-state index in [1.165, 1.54) is 4.90 Å². The number of amides is 3. The molecule has 158 valence electrons. The molecule has 3 amide bonds. The van der Waals surface area contributed by atoms with Crippen molar-refractivity contribution in [3.05, 3.63) is 53.9 Å². The Bertz CT molecular complexity index is 898. The van der Waals surface area contributed by atoms with Crippen LogP contribution in [0.1, 0.15) is 24.0 Å². The number of hydrogen-bond acceptors (Lipinski definition) is 6. The first-order valence-electron chi connectivity index (χ1n) is 10.1. The topological polar surface area (TPSA) is 84.0 Å². The van der Waals surface area contributed by atoms with Gasteiger partial charge in [0.05, 0.1) is 26.8 Å². The van der Waals surface area contributed by atoms with Gasteiger partial charge in [-0.05, 0) is 54.8 Å². The van der Waals surface area contributed by atoms with Crippen molar-refractivity contribution >= 4 is 11.9 Å². The molecule has 30 heavy (non-hydrogen) atoms. The highest BCUT2D eigenvalue weighted by Crippen LogP contribution is 2.30. The van der Waals surface area contributed by atoms with Gasteiger partial charge in [0.15, 0.2) is 0 Å². The second-order valence-electron chi connectivity index (χ2n) is 7.55. The number of pyridine rings is 1. The summed E-state index contributed by atoms with van der Waals surface area (Å²) < 4.78 is 10.7. The Balaban J connectivity index is 1.64. The lowest BCUT2D eigenvalue weighted by atomic mass is 9.93. The zero-order valence-electron chi connectivity index (χ0n) is 17.2. The van der Waals surface area contributed by atoms with E-state index in [9.17, 15) is 9.59 Å². The van der Waals surface area contributed by atoms with E-state index in [2.05, 4.69) is 10.3 Å². The summed E-state index contributed by atoms with van der Waals surface area (Å²) in [5, 5.41) is 3.32. The van der Waals surface area contributed by atoms with E-state index in [0.717, 1.165) is 30.5 Å². The van der Waals surface area contributed by atoms with E-state index in [4.69, 9.17) is 9.47 Å². The molecule has 1 aromatic heterocycles. The van der Waals surface area contributed by atoms with Crippen LogP contribution in [0.4, 0.5) is 4.79 Å². The molecule has 8 nitrogen and oxygen atoms in total. The summed E-state index contributed by atoms with van der Waals surface area (Å²) in [5.74, 6) is 1.16. The Morgan fingerprint density at radius 3 is 2.40 bits per heavy atom. The van der Waals surface area contributed by atoms with Crippen LogP contribution in [0, 0.1) is 0 Å². The highest BCUT2D eigenvalue weighted by atomic mass is 16.5. The fourth-order valence-electron chi connectivity index (χ4n) is 4.17. The molecule has 0 radical (unpaired) electrons. The van der Waals surface area contributed by atoms with Gasteiger partial charge in [0.25, 0.3) is 0 Å². The standard InChI is InChI=1S/C22H26N4O4/c1-29-17-10-16(11-18(12-17)30-2)14-25-19-4-3-7-24-20(19)21(27)26(22(25)28)13-15-5-8-23-9-6-15/h5-6,8-12,19-20,24H,3-4,7,13-14H2,1-2H3. The Hall–Kier alpha value is -3.13. The van der Waals surface area contributed by atoms with Gasteiger partial charge in [-0.3, -0.25) is 14.7 Å². The maximum Gasteiger partial charge on any atom is 0.327 e. The smallest absolute Gasteiger partial charge is 0.327 e. The SMILES string of the molecule is COc1cc(CN2C(=O)N(Cc3ccncc3)C(=O)C3NCCCC32)cc(OC)c1. The quantitative estimate of drug-likeness (QED) is 0.786. The van der Waals surface area contributed by atoms with Crippen LogP contribution >= 0.6 is 0 Å². The Morgan fingerprint density at radius 1 is 1.03 bits per heavy atom. The van der Waals surface area contributed by atoms with Crippen molar-refractivity contribution in [2.75, 3.05) is 20.8 Å².